The van der Waals surface area contributed by atoms with Crippen LogP contribution in [-0.4, -0.2) is 10.9 Å². The fraction of sp³-hybridized carbons (Fsp3) is 0.130. The van der Waals surface area contributed by atoms with Gasteiger partial charge in [-0.15, -0.1) is 0 Å². The van der Waals surface area contributed by atoms with E-state index >= 15 is 0 Å². The number of pyridine rings is 1. The van der Waals surface area contributed by atoms with Crippen molar-refractivity contribution in [3.8, 4) is 0 Å². The molecule has 1 N–H and O–H groups in total. The maximum atomic E-state index is 13.3. The summed E-state index contributed by atoms with van der Waals surface area (Å²) in [6.45, 7) is 0. The van der Waals surface area contributed by atoms with E-state index < -0.39 is 0 Å². The fourth-order valence-electron chi connectivity index (χ4n) is 3.95. The normalized spacial score (nSPS) is 13.1. The summed E-state index contributed by atoms with van der Waals surface area (Å²) in [4.78, 5) is 18.0. The standard InChI is InChI=1S/C23H17ClN2O/c24-16-9-11-21-19(13-16)22(18-6-3-7-20(18)26-21)23(27)25-17-10-8-14-4-1-2-5-15(14)12-17/h1-2,4-5,8-13H,3,6-7H2,(H,25,27). The molecule has 4 heteroatoms. The SMILES string of the molecule is O=C(Nc1ccc2ccccc2c1)c1c2c(nc3ccc(Cl)cc13)CCC2. The molecule has 0 radical (unpaired) electrons. The van der Waals surface area contributed by atoms with Gasteiger partial charge < -0.3 is 5.32 Å². The molecule has 3 aromatic carbocycles. The number of aryl methyl sites for hydroxylation is 1. The Morgan fingerprint density at radius 3 is 2.70 bits per heavy atom. The number of halogens is 1. The minimum atomic E-state index is -0.0990. The van der Waals surface area contributed by atoms with Crippen LogP contribution in [0.1, 0.15) is 28.0 Å². The van der Waals surface area contributed by atoms with Crippen LogP contribution in [0.25, 0.3) is 21.7 Å². The molecule has 132 valence electrons. The predicted octanol–water partition coefficient (Wildman–Crippen LogP) is 5.78. The molecular weight excluding hydrogens is 356 g/mol. The third-order valence-electron chi connectivity index (χ3n) is 5.21. The van der Waals surface area contributed by atoms with Gasteiger partial charge in [-0.1, -0.05) is 41.9 Å². The van der Waals surface area contributed by atoms with Crippen LogP contribution in [0.15, 0.2) is 60.7 Å². The molecule has 0 atom stereocenters. The van der Waals surface area contributed by atoms with Gasteiger partial charge in [-0.2, -0.15) is 0 Å². The van der Waals surface area contributed by atoms with Crippen molar-refractivity contribution in [1.82, 2.24) is 4.98 Å². The van der Waals surface area contributed by atoms with Crippen molar-refractivity contribution in [2.75, 3.05) is 5.32 Å². The van der Waals surface area contributed by atoms with Crippen LogP contribution < -0.4 is 5.32 Å². The summed E-state index contributed by atoms with van der Waals surface area (Å²) in [5.74, 6) is -0.0990. The smallest absolute Gasteiger partial charge is 0.256 e. The molecule has 27 heavy (non-hydrogen) atoms. The number of benzene rings is 3. The van der Waals surface area contributed by atoms with Crippen molar-refractivity contribution in [2.24, 2.45) is 0 Å². The van der Waals surface area contributed by atoms with Crippen LogP contribution in [0.5, 0.6) is 0 Å². The molecule has 1 aromatic heterocycles. The first kappa shape index (κ1) is 16.3. The van der Waals surface area contributed by atoms with Gasteiger partial charge in [0.1, 0.15) is 0 Å². The summed E-state index contributed by atoms with van der Waals surface area (Å²) in [7, 11) is 0. The lowest BCUT2D eigenvalue weighted by molar-refractivity contribution is 0.102. The van der Waals surface area contributed by atoms with Gasteiger partial charge in [0.15, 0.2) is 0 Å². The highest BCUT2D eigenvalue weighted by atomic mass is 35.5. The molecule has 0 aliphatic heterocycles. The number of anilines is 1. The van der Waals surface area contributed by atoms with Crippen molar-refractivity contribution in [2.45, 2.75) is 19.3 Å². The molecule has 1 aliphatic rings. The minimum absolute atomic E-state index is 0.0990. The molecular formula is C23H17ClN2O. The zero-order valence-electron chi connectivity index (χ0n) is 14.6. The summed E-state index contributed by atoms with van der Waals surface area (Å²) in [6.07, 6.45) is 2.83. The van der Waals surface area contributed by atoms with Crippen molar-refractivity contribution in [3.63, 3.8) is 0 Å². The Bertz CT molecular complexity index is 1220. The van der Waals surface area contributed by atoms with Gasteiger partial charge in [-0.05, 0) is 65.9 Å². The number of nitrogens with zero attached hydrogens (tertiary/aromatic N) is 1. The van der Waals surface area contributed by atoms with Crippen LogP contribution >= 0.6 is 11.6 Å². The van der Waals surface area contributed by atoms with E-state index in [9.17, 15) is 4.79 Å². The van der Waals surface area contributed by atoms with E-state index in [1.54, 1.807) is 0 Å². The summed E-state index contributed by atoms with van der Waals surface area (Å²) in [5.41, 5.74) is 4.42. The quantitative estimate of drug-likeness (QED) is 0.484. The van der Waals surface area contributed by atoms with Gasteiger partial charge in [0.25, 0.3) is 5.91 Å². The lowest BCUT2D eigenvalue weighted by Crippen LogP contribution is -2.15. The first-order valence-electron chi connectivity index (χ1n) is 9.10. The zero-order valence-corrected chi connectivity index (χ0v) is 15.4. The molecule has 1 aliphatic carbocycles. The van der Waals surface area contributed by atoms with Gasteiger partial charge in [-0.3, -0.25) is 9.78 Å². The van der Waals surface area contributed by atoms with E-state index in [0.29, 0.717) is 10.6 Å². The predicted molar refractivity (Wildman–Crippen MR) is 111 cm³/mol. The monoisotopic (exact) mass is 372 g/mol. The van der Waals surface area contributed by atoms with Gasteiger partial charge >= 0.3 is 0 Å². The molecule has 0 unspecified atom stereocenters. The first-order valence-corrected chi connectivity index (χ1v) is 9.48. The summed E-state index contributed by atoms with van der Waals surface area (Å²) >= 11 is 6.21. The minimum Gasteiger partial charge on any atom is -0.322 e. The Labute approximate surface area is 162 Å². The summed E-state index contributed by atoms with van der Waals surface area (Å²) in [5, 5.41) is 6.77. The number of hydrogen-bond donors (Lipinski definition) is 1. The molecule has 1 amide bonds. The first-order chi connectivity index (χ1) is 13.2. The van der Waals surface area contributed by atoms with Crippen LogP contribution in [0.2, 0.25) is 5.02 Å². The molecule has 0 saturated heterocycles. The van der Waals surface area contributed by atoms with Gasteiger partial charge in [0.05, 0.1) is 11.1 Å². The van der Waals surface area contributed by atoms with Gasteiger partial charge in [-0.25, -0.2) is 0 Å². The molecule has 5 rings (SSSR count). The van der Waals surface area contributed by atoms with E-state index in [1.807, 2.05) is 54.6 Å². The van der Waals surface area contributed by atoms with Crippen molar-refractivity contribution in [1.29, 1.82) is 0 Å². The van der Waals surface area contributed by atoms with Crippen molar-refractivity contribution >= 4 is 44.9 Å². The highest BCUT2D eigenvalue weighted by Gasteiger charge is 2.24. The second-order valence-corrected chi connectivity index (χ2v) is 7.38. The van der Waals surface area contributed by atoms with E-state index in [1.165, 1.54) is 0 Å². The fourth-order valence-corrected chi connectivity index (χ4v) is 4.13. The lowest BCUT2D eigenvalue weighted by atomic mass is 10.0. The maximum Gasteiger partial charge on any atom is 0.256 e. The van der Waals surface area contributed by atoms with E-state index in [2.05, 4.69) is 11.4 Å². The highest BCUT2D eigenvalue weighted by Crippen LogP contribution is 2.32. The number of fused-ring (bicyclic) bond motifs is 3. The number of rotatable bonds is 2. The van der Waals surface area contributed by atoms with E-state index in [-0.39, 0.29) is 5.91 Å². The average Bonchev–Trinajstić information content (AvgIpc) is 3.14. The van der Waals surface area contributed by atoms with Crippen LogP contribution in [0.4, 0.5) is 5.69 Å². The van der Waals surface area contributed by atoms with Crippen LogP contribution in [-0.2, 0) is 12.8 Å². The zero-order chi connectivity index (χ0) is 18.4. The number of amides is 1. The molecule has 4 aromatic rings. The number of aromatic nitrogens is 1. The largest absolute Gasteiger partial charge is 0.322 e. The van der Waals surface area contributed by atoms with E-state index in [0.717, 1.165) is 57.9 Å². The second-order valence-electron chi connectivity index (χ2n) is 6.94. The molecule has 3 nitrogen and oxygen atoms in total. The third kappa shape index (κ3) is 2.84. The summed E-state index contributed by atoms with van der Waals surface area (Å²) in [6, 6.07) is 19.6. The topological polar surface area (TPSA) is 42.0 Å². The maximum absolute atomic E-state index is 13.3. The van der Waals surface area contributed by atoms with Gasteiger partial charge in [0, 0.05) is 21.8 Å². The Morgan fingerprint density at radius 2 is 1.81 bits per heavy atom. The molecule has 0 spiro atoms. The number of hydrogen-bond acceptors (Lipinski definition) is 2. The third-order valence-corrected chi connectivity index (χ3v) is 5.44. The average molecular weight is 373 g/mol. The van der Waals surface area contributed by atoms with Crippen molar-refractivity contribution < 1.29 is 4.79 Å². The lowest BCUT2D eigenvalue weighted by Gasteiger charge is -2.13. The molecule has 1 heterocycles. The molecule has 0 bridgehead atoms. The van der Waals surface area contributed by atoms with Gasteiger partial charge in [0.2, 0.25) is 0 Å². The summed E-state index contributed by atoms with van der Waals surface area (Å²) < 4.78 is 0. The Balaban J connectivity index is 1.61. The molecule has 0 fully saturated rings. The number of nitrogens with one attached hydrogen (secondary N) is 1. The highest BCUT2D eigenvalue weighted by molar-refractivity contribution is 6.31. The van der Waals surface area contributed by atoms with Crippen molar-refractivity contribution in [3.05, 3.63) is 82.5 Å². The second kappa shape index (κ2) is 6.36. The number of carbonyl (C=O) groups excluding carboxylic acids is 1. The Morgan fingerprint density at radius 1 is 0.963 bits per heavy atom. The number of carbonyl (C=O) groups is 1. The Kier molecular flexibility index (Phi) is 3.83. The molecule has 0 saturated carbocycles. The van der Waals surface area contributed by atoms with E-state index in [4.69, 9.17) is 16.6 Å². The Hall–Kier alpha value is -2.91. The van der Waals surface area contributed by atoms with Crippen LogP contribution in [0, 0.1) is 0 Å². The van der Waals surface area contributed by atoms with Crippen LogP contribution in [0.3, 0.4) is 0 Å².